The lowest BCUT2D eigenvalue weighted by molar-refractivity contribution is -0.111. The zero-order chi connectivity index (χ0) is 32.7. The Hall–Kier alpha value is -4.58. The number of methoxy groups -OCH3 is 2. The number of rotatable bonds is 10. The molecule has 0 spiro atoms. The number of fused-ring (bicyclic) bond motifs is 3. The number of pyridine rings is 1. The number of imidazole rings is 1. The molecule has 4 heterocycles. The first kappa shape index (κ1) is 31.0. The lowest BCUT2D eigenvalue weighted by atomic mass is 10.0. The van der Waals surface area contributed by atoms with Gasteiger partial charge in [0, 0.05) is 79.6 Å². The summed E-state index contributed by atoms with van der Waals surface area (Å²) in [4.78, 5) is 31.4. The third kappa shape index (κ3) is 6.14. The van der Waals surface area contributed by atoms with Crippen molar-refractivity contribution >= 4 is 68.8 Å². The summed E-state index contributed by atoms with van der Waals surface area (Å²) >= 11 is 13.6. The Morgan fingerprint density at radius 2 is 1.74 bits per heavy atom. The van der Waals surface area contributed by atoms with Gasteiger partial charge < -0.3 is 25.0 Å². The standard InChI is InChI=1S/C34H34Cl2N8O3/c1-4-28(45)39-25-16-22(43-13-11-42(12-14-43)19-20-5-6-20)7-8-24(25)40-34-38-18-21-15-23(33-37-9-10-44(33)32(21)41-34)29-30(35)26(46-2)17-27(47-3)31(29)36/h4,7-10,15-18,20H,1,5-6,11-14,19H2,2-3H3,(H,39,45)(H,38,40,41). The summed E-state index contributed by atoms with van der Waals surface area (Å²) in [6, 6.07) is 9.52. The van der Waals surface area contributed by atoms with E-state index in [1.54, 1.807) is 18.5 Å². The predicted octanol–water partition coefficient (Wildman–Crippen LogP) is 6.67. The molecule has 2 N–H and O–H groups in total. The SMILES string of the molecule is C=CC(=O)Nc1cc(N2CCN(CC3CC3)CC2)ccc1Nc1ncc2cc(-c3c(Cl)c(OC)cc(OC)c3Cl)c3nccn3c2n1. The van der Waals surface area contributed by atoms with E-state index >= 15 is 0 Å². The Labute approximate surface area is 282 Å². The van der Waals surface area contributed by atoms with Gasteiger partial charge in [-0.1, -0.05) is 29.8 Å². The Balaban J connectivity index is 1.22. The monoisotopic (exact) mass is 672 g/mol. The molecule has 242 valence electrons. The highest BCUT2D eigenvalue weighted by molar-refractivity contribution is 6.41. The summed E-state index contributed by atoms with van der Waals surface area (Å²) in [5, 5.41) is 7.64. The summed E-state index contributed by atoms with van der Waals surface area (Å²) in [6.07, 6.45) is 9.18. The first-order chi connectivity index (χ1) is 22.9. The van der Waals surface area contributed by atoms with E-state index in [1.165, 1.54) is 39.7 Å². The first-order valence-electron chi connectivity index (χ1n) is 15.4. The van der Waals surface area contributed by atoms with Crippen LogP contribution in [0.3, 0.4) is 0 Å². The van der Waals surface area contributed by atoms with Crippen LogP contribution in [0.15, 0.2) is 61.6 Å². The predicted molar refractivity (Wildman–Crippen MR) is 187 cm³/mol. The molecule has 0 radical (unpaired) electrons. The van der Waals surface area contributed by atoms with E-state index in [0.29, 0.717) is 61.3 Å². The van der Waals surface area contributed by atoms with Crippen LogP contribution in [-0.2, 0) is 4.79 Å². The second-order valence-electron chi connectivity index (χ2n) is 11.7. The number of anilines is 4. The summed E-state index contributed by atoms with van der Waals surface area (Å²) in [6.45, 7) is 8.76. The highest BCUT2D eigenvalue weighted by atomic mass is 35.5. The molecule has 47 heavy (non-hydrogen) atoms. The van der Waals surface area contributed by atoms with Gasteiger partial charge in [-0.25, -0.2) is 9.97 Å². The highest BCUT2D eigenvalue weighted by Crippen LogP contribution is 2.47. The van der Waals surface area contributed by atoms with Crippen molar-refractivity contribution < 1.29 is 14.3 Å². The van der Waals surface area contributed by atoms with Gasteiger partial charge in [0.2, 0.25) is 11.9 Å². The van der Waals surface area contributed by atoms with Crippen molar-refractivity contribution in [1.82, 2.24) is 24.3 Å². The van der Waals surface area contributed by atoms with E-state index < -0.39 is 0 Å². The molecule has 1 amide bonds. The van der Waals surface area contributed by atoms with Crippen LogP contribution < -0.4 is 25.0 Å². The molecule has 2 aromatic carbocycles. The second-order valence-corrected chi connectivity index (χ2v) is 12.5. The molecule has 11 nitrogen and oxygen atoms in total. The molecule has 7 rings (SSSR count). The smallest absolute Gasteiger partial charge is 0.247 e. The molecule has 1 saturated carbocycles. The number of hydrogen-bond acceptors (Lipinski definition) is 9. The minimum atomic E-state index is -0.307. The molecule has 5 aromatic rings. The average molecular weight is 674 g/mol. The number of carbonyl (C=O) groups excluding carboxylic acids is 1. The van der Waals surface area contributed by atoms with Crippen molar-refractivity contribution in [3.05, 3.63) is 71.6 Å². The first-order valence-corrected chi connectivity index (χ1v) is 16.2. The number of benzene rings is 2. The van der Waals surface area contributed by atoms with E-state index in [-0.39, 0.29) is 5.91 Å². The van der Waals surface area contributed by atoms with E-state index in [4.69, 9.17) is 37.7 Å². The Morgan fingerprint density at radius 1 is 1.00 bits per heavy atom. The lowest BCUT2D eigenvalue weighted by Gasteiger charge is -2.36. The Morgan fingerprint density at radius 3 is 2.43 bits per heavy atom. The minimum absolute atomic E-state index is 0.307. The number of nitrogens with one attached hydrogen (secondary N) is 2. The van der Waals surface area contributed by atoms with Gasteiger partial charge in [-0.05, 0) is 49.1 Å². The van der Waals surface area contributed by atoms with Crippen molar-refractivity contribution in [2.75, 3.05) is 62.5 Å². The van der Waals surface area contributed by atoms with Crippen molar-refractivity contribution in [1.29, 1.82) is 0 Å². The zero-order valence-corrected chi connectivity index (χ0v) is 27.6. The molecule has 0 atom stereocenters. The number of ether oxygens (including phenoxy) is 2. The summed E-state index contributed by atoms with van der Waals surface area (Å²) in [5.41, 5.74) is 4.68. The minimum Gasteiger partial charge on any atom is -0.495 e. The summed E-state index contributed by atoms with van der Waals surface area (Å²) in [7, 11) is 3.07. The van der Waals surface area contributed by atoms with Crippen molar-refractivity contribution in [2.24, 2.45) is 5.92 Å². The highest BCUT2D eigenvalue weighted by Gasteiger charge is 2.27. The van der Waals surface area contributed by atoms with Gasteiger partial charge in [-0.2, -0.15) is 4.98 Å². The molecule has 2 aliphatic rings. The maximum absolute atomic E-state index is 12.4. The molecule has 0 bridgehead atoms. The van der Waals surface area contributed by atoms with Crippen LogP contribution in [0.2, 0.25) is 10.0 Å². The maximum Gasteiger partial charge on any atom is 0.247 e. The molecule has 1 saturated heterocycles. The van der Waals surface area contributed by atoms with Crippen LogP contribution in [0.4, 0.5) is 23.0 Å². The number of nitrogens with zero attached hydrogens (tertiary/aromatic N) is 6. The van der Waals surface area contributed by atoms with Crippen LogP contribution in [0.25, 0.3) is 27.8 Å². The van der Waals surface area contributed by atoms with Gasteiger partial charge in [0.1, 0.15) is 17.1 Å². The average Bonchev–Trinajstić information content (AvgIpc) is 3.76. The molecule has 3 aromatic heterocycles. The zero-order valence-electron chi connectivity index (χ0n) is 26.1. The lowest BCUT2D eigenvalue weighted by Crippen LogP contribution is -2.47. The topological polar surface area (TPSA) is 109 Å². The van der Waals surface area contributed by atoms with E-state index in [9.17, 15) is 4.79 Å². The van der Waals surface area contributed by atoms with Crippen LogP contribution in [0.1, 0.15) is 12.8 Å². The quantitative estimate of drug-likeness (QED) is 0.157. The van der Waals surface area contributed by atoms with E-state index in [0.717, 1.165) is 43.2 Å². The number of amides is 1. The van der Waals surface area contributed by atoms with Gasteiger partial charge in [-0.3, -0.25) is 14.1 Å². The van der Waals surface area contributed by atoms with E-state index in [1.807, 2.05) is 28.8 Å². The van der Waals surface area contributed by atoms with Gasteiger partial charge in [0.05, 0.1) is 35.6 Å². The number of halogens is 2. The summed E-state index contributed by atoms with van der Waals surface area (Å²) < 4.78 is 12.8. The van der Waals surface area contributed by atoms with Gasteiger partial charge in [0.25, 0.3) is 0 Å². The van der Waals surface area contributed by atoms with Crippen molar-refractivity contribution in [3.63, 3.8) is 0 Å². The fourth-order valence-corrected chi connectivity index (χ4v) is 6.74. The van der Waals surface area contributed by atoms with Crippen LogP contribution in [-0.4, -0.2) is 77.1 Å². The van der Waals surface area contributed by atoms with Gasteiger partial charge in [-0.15, -0.1) is 0 Å². The number of carbonyl (C=O) groups is 1. The summed E-state index contributed by atoms with van der Waals surface area (Å²) in [5.74, 6) is 1.76. The number of hydrogen-bond donors (Lipinski definition) is 2. The molecule has 1 aliphatic heterocycles. The second kappa shape index (κ2) is 12.9. The molecule has 1 aliphatic carbocycles. The fourth-order valence-electron chi connectivity index (χ4n) is 6.04. The Kier molecular flexibility index (Phi) is 8.52. The van der Waals surface area contributed by atoms with E-state index in [2.05, 4.69) is 43.0 Å². The normalized spacial score (nSPS) is 15.2. The van der Waals surface area contributed by atoms with Crippen LogP contribution in [0, 0.1) is 5.92 Å². The molecule has 0 unspecified atom stereocenters. The third-order valence-corrected chi connectivity index (χ3v) is 9.44. The maximum atomic E-state index is 12.4. The molecular formula is C34H34Cl2N8O3. The number of aromatic nitrogens is 4. The third-order valence-electron chi connectivity index (χ3n) is 8.69. The van der Waals surface area contributed by atoms with Crippen LogP contribution in [0.5, 0.6) is 11.5 Å². The Bertz CT molecular complexity index is 1980. The fraction of sp³-hybridized carbons (Fsp3) is 0.294. The van der Waals surface area contributed by atoms with Gasteiger partial charge >= 0.3 is 0 Å². The van der Waals surface area contributed by atoms with Crippen molar-refractivity contribution in [3.8, 4) is 22.6 Å². The molecule has 2 fully saturated rings. The number of piperazine rings is 1. The van der Waals surface area contributed by atoms with Crippen molar-refractivity contribution in [2.45, 2.75) is 12.8 Å². The molecule has 13 heteroatoms. The largest absolute Gasteiger partial charge is 0.495 e. The molecular weight excluding hydrogens is 639 g/mol. The van der Waals surface area contributed by atoms with Crippen LogP contribution >= 0.6 is 23.2 Å². The van der Waals surface area contributed by atoms with Gasteiger partial charge in [0.15, 0.2) is 5.65 Å².